The number of hydrogen-bond donors (Lipinski definition) is 3. The zero-order valence-corrected chi connectivity index (χ0v) is 10.3. The highest BCUT2D eigenvalue weighted by Gasteiger charge is 2.40. The maximum absolute atomic E-state index is 12.8. The molecule has 0 unspecified atom stereocenters. The number of hydrazine groups is 1. The molecule has 2 aromatic rings. The summed E-state index contributed by atoms with van der Waals surface area (Å²) in [6.45, 7) is -1.33. The van der Waals surface area contributed by atoms with Crippen LogP contribution < -0.4 is 16.6 Å². The first-order chi connectivity index (χ1) is 9.92. The van der Waals surface area contributed by atoms with Gasteiger partial charge >= 0.3 is 12.3 Å². The first-order valence-corrected chi connectivity index (χ1v) is 5.53. The fourth-order valence-corrected chi connectivity index (χ4v) is 1.28. The molecule has 4 N–H and O–H groups in total. The molecule has 2 heterocycles. The van der Waals surface area contributed by atoms with Gasteiger partial charge in [0.15, 0.2) is 0 Å². The van der Waals surface area contributed by atoms with Crippen molar-refractivity contribution >= 4 is 11.9 Å². The van der Waals surface area contributed by atoms with Crippen LogP contribution in [0.5, 0.6) is 0 Å². The van der Waals surface area contributed by atoms with E-state index in [2.05, 4.69) is 25.4 Å². The first kappa shape index (κ1) is 14.9. The Balaban J connectivity index is 2.22. The van der Waals surface area contributed by atoms with Gasteiger partial charge < -0.3 is 5.32 Å². The molecule has 0 aliphatic carbocycles. The number of halogens is 4. The number of alkyl halides is 4. The van der Waals surface area contributed by atoms with Crippen molar-refractivity contribution in [3.63, 3.8) is 0 Å². The lowest BCUT2D eigenvalue weighted by molar-refractivity contribution is -0.117. The standard InChI is InChI=1S/C9H10F4N8/c10-5(11)9(12,13)3-16-6-17-7(20-14)19-8(18-6)21-2-1-15-4-21/h1-2,4-5H,3,14H2,(H2,16,17,18,19,20). The van der Waals surface area contributed by atoms with Crippen LogP contribution in [0.2, 0.25) is 0 Å². The van der Waals surface area contributed by atoms with Crippen LogP contribution in [0, 0.1) is 0 Å². The van der Waals surface area contributed by atoms with Crippen molar-refractivity contribution in [3.8, 4) is 5.95 Å². The van der Waals surface area contributed by atoms with Crippen LogP contribution in [-0.4, -0.2) is 43.4 Å². The van der Waals surface area contributed by atoms with Crippen LogP contribution >= 0.6 is 0 Å². The number of aromatic nitrogens is 5. The molecule has 2 rings (SSSR count). The number of nitrogens with one attached hydrogen (secondary N) is 2. The number of anilines is 2. The lowest BCUT2D eigenvalue weighted by Gasteiger charge is -2.16. The molecule has 114 valence electrons. The van der Waals surface area contributed by atoms with Crippen molar-refractivity contribution in [2.45, 2.75) is 12.3 Å². The van der Waals surface area contributed by atoms with E-state index in [1.807, 2.05) is 5.32 Å². The minimum Gasteiger partial charge on any atom is -0.348 e. The normalized spacial score (nSPS) is 11.7. The Morgan fingerprint density at radius 1 is 1.24 bits per heavy atom. The van der Waals surface area contributed by atoms with Crippen LogP contribution in [0.4, 0.5) is 29.5 Å². The van der Waals surface area contributed by atoms with Crippen molar-refractivity contribution in [2.75, 3.05) is 17.3 Å². The Hall–Kier alpha value is -2.50. The Morgan fingerprint density at radius 2 is 1.95 bits per heavy atom. The summed E-state index contributed by atoms with van der Waals surface area (Å²) in [6.07, 6.45) is 0.490. The summed E-state index contributed by atoms with van der Waals surface area (Å²) in [5, 5.41) is 2.02. The van der Waals surface area contributed by atoms with Gasteiger partial charge in [-0.15, -0.1) is 0 Å². The Kier molecular flexibility index (Phi) is 4.16. The van der Waals surface area contributed by atoms with Gasteiger partial charge in [-0.3, -0.25) is 9.99 Å². The summed E-state index contributed by atoms with van der Waals surface area (Å²) < 4.78 is 51.2. The third kappa shape index (κ3) is 3.53. The number of hydrogen-bond acceptors (Lipinski definition) is 7. The van der Waals surface area contributed by atoms with Crippen LogP contribution in [0.3, 0.4) is 0 Å². The Morgan fingerprint density at radius 3 is 2.52 bits per heavy atom. The van der Waals surface area contributed by atoms with Crippen molar-refractivity contribution in [2.24, 2.45) is 5.84 Å². The molecular weight excluding hydrogens is 296 g/mol. The van der Waals surface area contributed by atoms with E-state index in [9.17, 15) is 17.6 Å². The number of nitrogens with two attached hydrogens (primary N) is 1. The van der Waals surface area contributed by atoms with E-state index >= 15 is 0 Å². The van der Waals surface area contributed by atoms with Crippen molar-refractivity contribution in [3.05, 3.63) is 18.7 Å². The molecule has 0 spiro atoms. The number of nitrogen functional groups attached to an aromatic ring is 1. The number of imidazole rings is 1. The summed E-state index contributed by atoms with van der Waals surface area (Å²) in [7, 11) is 0. The zero-order chi connectivity index (χ0) is 15.5. The quantitative estimate of drug-likeness (QED) is 0.409. The third-order valence-corrected chi connectivity index (χ3v) is 2.29. The maximum Gasteiger partial charge on any atom is 0.324 e. The first-order valence-electron chi connectivity index (χ1n) is 5.53. The summed E-state index contributed by atoms with van der Waals surface area (Å²) in [4.78, 5) is 15.1. The molecular formula is C9H10F4N8. The predicted molar refractivity (Wildman–Crippen MR) is 64.2 cm³/mol. The fourth-order valence-electron chi connectivity index (χ4n) is 1.28. The zero-order valence-electron chi connectivity index (χ0n) is 10.3. The van der Waals surface area contributed by atoms with Gasteiger partial charge in [-0.05, 0) is 0 Å². The molecule has 0 aliphatic heterocycles. The molecule has 12 heteroatoms. The fraction of sp³-hybridized carbons (Fsp3) is 0.333. The van der Waals surface area contributed by atoms with Gasteiger partial charge in [0.2, 0.25) is 17.8 Å². The predicted octanol–water partition coefficient (Wildman–Crippen LogP) is 0.655. The van der Waals surface area contributed by atoms with E-state index in [-0.39, 0.29) is 17.8 Å². The molecule has 0 fully saturated rings. The van der Waals surface area contributed by atoms with Gasteiger partial charge in [0.1, 0.15) is 6.33 Å². The van der Waals surface area contributed by atoms with Crippen molar-refractivity contribution in [1.29, 1.82) is 0 Å². The van der Waals surface area contributed by atoms with Crippen molar-refractivity contribution < 1.29 is 17.6 Å². The molecule has 0 aromatic carbocycles. The smallest absolute Gasteiger partial charge is 0.324 e. The molecule has 8 nitrogen and oxygen atoms in total. The average molecular weight is 306 g/mol. The average Bonchev–Trinajstić information content (AvgIpc) is 2.99. The minimum absolute atomic E-state index is 0.0262. The molecule has 0 bridgehead atoms. The number of rotatable bonds is 6. The minimum atomic E-state index is -4.21. The molecule has 0 amide bonds. The highest BCUT2D eigenvalue weighted by atomic mass is 19.3. The Bertz CT molecular complexity index is 587. The van der Waals surface area contributed by atoms with Crippen LogP contribution in [-0.2, 0) is 0 Å². The SMILES string of the molecule is NNc1nc(NCC(F)(F)C(F)F)nc(-n2ccnc2)n1. The van der Waals surface area contributed by atoms with Crippen LogP contribution in [0.1, 0.15) is 0 Å². The summed E-state index contributed by atoms with van der Waals surface area (Å²) in [5.41, 5.74) is 2.12. The molecule has 0 aliphatic rings. The van der Waals surface area contributed by atoms with Crippen molar-refractivity contribution in [1.82, 2.24) is 24.5 Å². The van der Waals surface area contributed by atoms with Gasteiger partial charge in [0.25, 0.3) is 0 Å². The molecule has 0 radical (unpaired) electrons. The van der Waals surface area contributed by atoms with E-state index in [1.165, 1.54) is 23.3 Å². The van der Waals surface area contributed by atoms with Gasteiger partial charge in [-0.2, -0.15) is 23.7 Å². The highest BCUT2D eigenvalue weighted by molar-refractivity contribution is 5.37. The van der Waals surface area contributed by atoms with E-state index in [0.717, 1.165) is 0 Å². The van der Waals surface area contributed by atoms with Gasteiger partial charge in [-0.25, -0.2) is 19.6 Å². The summed E-state index contributed by atoms with van der Waals surface area (Å²) >= 11 is 0. The van der Waals surface area contributed by atoms with Gasteiger partial charge in [-0.1, -0.05) is 0 Å². The molecule has 0 atom stereocenters. The van der Waals surface area contributed by atoms with E-state index in [0.29, 0.717) is 0 Å². The number of nitrogens with zero attached hydrogens (tertiary/aromatic N) is 5. The summed E-state index contributed by atoms with van der Waals surface area (Å²) in [5.74, 6) is 0.504. The molecule has 21 heavy (non-hydrogen) atoms. The van der Waals surface area contributed by atoms with Gasteiger partial charge in [0, 0.05) is 12.4 Å². The van der Waals surface area contributed by atoms with E-state index in [4.69, 9.17) is 5.84 Å². The second-order valence-corrected chi connectivity index (χ2v) is 3.81. The monoisotopic (exact) mass is 306 g/mol. The highest BCUT2D eigenvalue weighted by Crippen LogP contribution is 2.22. The van der Waals surface area contributed by atoms with E-state index in [1.54, 1.807) is 0 Å². The molecule has 0 saturated heterocycles. The second kappa shape index (κ2) is 5.87. The molecule has 0 saturated carbocycles. The second-order valence-electron chi connectivity index (χ2n) is 3.81. The van der Waals surface area contributed by atoms with Crippen LogP contribution in [0.15, 0.2) is 18.7 Å². The van der Waals surface area contributed by atoms with Crippen LogP contribution in [0.25, 0.3) is 5.95 Å². The molecule has 2 aromatic heterocycles. The topological polar surface area (TPSA) is 107 Å². The lowest BCUT2D eigenvalue weighted by Crippen LogP contribution is -2.35. The summed E-state index contributed by atoms with van der Waals surface area (Å²) in [6, 6.07) is 0. The van der Waals surface area contributed by atoms with E-state index < -0.39 is 18.9 Å². The lowest BCUT2D eigenvalue weighted by atomic mass is 10.3. The third-order valence-electron chi connectivity index (χ3n) is 2.29. The largest absolute Gasteiger partial charge is 0.348 e. The maximum atomic E-state index is 12.8. The Labute approximate surface area is 115 Å². The van der Waals surface area contributed by atoms with Gasteiger partial charge in [0.05, 0.1) is 6.54 Å².